The molecule has 2 aromatic heterocycles. The van der Waals surface area contributed by atoms with E-state index in [4.69, 9.17) is 4.74 Å². The number of fused-ring (bicyclic) bond motifs is 1. The molecule has 2 aromatic rings. The fourth-order valence-corrected chi connectivity index (χ4v) is 1.39. The van der Waals surface area contributed by atoms with Gasteiger partial charge in [-0.1, -0.05) is 0 Å². The van der Waals surface area contributed by atoms with Gasteiger partial charge in [0.15, 0.2) is 0 Å². The molecule has 0 saturated carbocycles. The smallest absolute Gasteiger partial charge is 0.343 e. The molecule has 7 nitrogen and oxygen atoms in total. The summed E-state index contributed by atoms with van der Waals surface area (Å²) in [6, 6.07) is 0. The Bertz CT molecular complexity index is 649. The highest BCUT2D eigenvalue weighted by Gasteiger charge is 2.16. The highest BCUT2D eigenvalue weighted by atomic mass is 16.5. The van der Waals surface area contributed by atoms with E-state index >= 15 is 0 Å². The summed E-state index contributed by atoms with van der Waals surface area (Å²) in [5.41, 5.74) is -1.14. The van der Waals surface area contributed by atoms with Gasteiger partial charge in [-0.25, -0.2) is 4.79 Å². The molecule has 2 heterocycles. The topological polar surface area (TPSA) is 108 Å². The van der Waals surface area contributed by atoms with E-state index in [0.29, 0.717) is 0 Å². The summed E-state index contributed by atoms with van der Waals surface area (Å²) in [5, 5.41) is 4.63. The number of pyridine rings is 1. The van der Waals surface area contributed by atoms with Gasteiger partial charge in [0.25, 0.3) is 5.56 Å². The minimum absolute atomic E-state index is 0.106. The minimum atomic E-state index is -0.744. The minimum Gasteiger partial charge on any atom is -0.462 e. The molecule has 0 atom stereocenters. The molecule has 0 fully saturated rings. The number of aromatic nitrogens is 3. The molecule has 2 rings (SSSR count). The lowest BCUT2D eigenvalue weighted by Crippen LogP contribution is -2.21. The molecule has 0 spiro atoms. The van der Waals surface area contributed by atoms with E-state index in [-0.39, 0.29) is 23.2 Å². The number of rotatable bonds is 2. The number of H-pyrrole nitrogens is 3. The fraction of sp³-hybridized carbons (Fsp3) is 0.222. The molecule has 0 saturated heterocycles. The Labute approximate surface area is 88.4 Å². The summed E-state index contributed by atoms with van der Waals surface area (Å²) >= 11 is 0. The third-order valence-electron chi connectivity index (χ3n) is 2.11. The number of hydrogen-bond acceptors (Lipinski definition) is 4. The second-order valence-corrected chi connectivity index (χ2v) is 3.08. The van der Waals surface area contributed by atoms with Gasteiger partial charge in [-0.2, -0.15) is 0 Å². The van der Waals surface area contributed by atoms with Crippen LogP contribution < -0.4 is 11.0 Å². The van der Waals surface area contributed by atoms with Crippen molar-refractivity contribution in [2.24, 2.45) is 0 Å². The predicted molar refractivity (Wildman–Crippen MR) is 55.5 cm³/mol. The fourth-order valence-electron chi connectivity index (χ4n) is 1.39. The summed E-state index contributed by atoms with van der Waals surface area (Å²) in [6.45, 7) is 1.80. The number of esters is 1. The number of ether oxygens (including phenoxy) is 1. The highest BCUT2D eigenvalue weighted by molar-refractivity contribution is 5.92. The third-order valence-corrected chi connectivity index (χ3v) is 2.11. The van der Waals surface area contributed by atoms with Crippen molar-refractivity contribution in [1.29, 1.82) is 0 Å². The van der Waals surface area contributed by atoms with Gasteiger partial charge in [0, 0.05) is 6.20 Å². The molecule has 3 N–H and O–H groups in total. The van der Waals surface area contributed by atoms with Gasteiger partial charge in [0.2, 0.25) is 5.43 Å². The molecule has 0 aliphatic heterocycles. The lowest BCUT2D eigenvalue weighted by Gasteiger charge is -1.99. The second-order valence-electron chi connectivity index (χ2n) is 3.08. The van der Waals surface area contributed by atoms with E-state index in [1.807, 2.05) is 0 Å². The number of nitrogens with one attached hydrogen (secondary N) is 3. The summed E-state index contributed by atoms with van der Waals surface area (Å²) < 4.78 is 4.69. The van der Waals surface area contributed by atoms with Crippen molar-refractivity contribution in [3.05, 3.63) is 32.3 Å². The first kappa shape index (κ1) is 10.2. The molecule has 16 heavy (non-hydrogen) atoms. The number of hydrogen-bond donors (Lipinski definition) is 3. The standard InChI is InChI=1S/C9H9N3O4/c1-2-16-9(15)4-3-10-7-5(6(4)13)8(14)12-11-7/h3H,2H2,1H3,(H3,10,11,12,13,14). The molecule has 7 heteroatoms. The Morgan fingerprint density at radius 1 is 1.38 bits per heavy atom. The van der Waals surface area contributed by atoms with Crippen molar-refractivity contribution in [1.82, 2.24) is 15.2 Å². The van der Waals surface area contributed by atoms with Crippen LogP contribution in [0.3, 0.4) is 0 Å². The molecule has 0 bridgehead atoms. The SMILES string of the molecule is CCOC(=O)c1c[nH]c2[nH][nH]c(=O)c2c1=O. The lowest BCUT2D eigenvalue weighted by molar-refractivity contribution is 0.0524. The van der Waals surface area contributed by atoms with E-state index in [0.717, 1.165) is 0 Å². The molecule has 0 aliphatic rings. The van der Waals surface area contributed by atoms with E-state index < -0.39 is 17.0 Å². The maximum Gasteiger partial charge on any atom is 0.343 e. The van der Waals surface area contributed by atoms with E-state index in [9.17, 15) is 14.4 Å². The largest absolute Gasteiger partial charge is 0.462 e. The van der Waals surface area contributed by atoms with Crippen LogP contribution in [0.5, 0.6) is 0 Å². The molecular weight excluding hydrogens is 214 g/mol. The average Bonchev–Trinajstić information content (AvgIpc) is 2.62. The van der Waals surface area contributed by atoms with Gasteiger partial charge >= 0.3 is 5.97 Å². The van der Waals surface area contributed by atoms with Crippen molar-refractivity contribution in [3.8, 4) is 0 Å². The molecule has 0 amide bonds. The monoisotopic (exact) mass is 223 g/mol. The molecule has 0 radical (unpaired) electrons. The van der Waals surface area contributed by atoms with Crippen molar-refractivity contribution in [3.63, 3.8) is 0 Å². The molecule has 0 aromatic carbocycles. The first-order valence-corrected chi connectivity index (χ1v) is 4.64. The molecular formula is C9H9N3O4. The third kappa shape index (κ3) is 1.42. The van der Waals surface area contributed by atoms with Crippen LogP contribution in [0, 0.1) is 0 Å². The van der Waals surface area contributed by atoms with Crippen LogP contribution in [-0.4, -0.2) is 27.8 Å². The van der Waals surface area contributed by atoms with Gasteiger partial charge in [0.05, 0.1) is 6.61 Å². The van der Waals surface area contributed by atoms with Gasteiger partial charge in [-0.3, -0.25) is 19.8 Å². The quantitative estimate of drug-likeness (QED) is 0.608. The average molecular weight is 223 g/mol. The Morgan fingerprint density at radius 3 is 2.81 bits per heavy atom. The number of carbonyl (C=O) groups excluding carboxylic acids is 1. The number of carbonyl (C=O) groups is 1. The van der Waals surface area contributed by atoms with Crippen LogP contribution >= 0.6 is 0 Å². The normalized spacial score (nSPS) is 10.6. The Balaban J connectivity index is 2.69. The highest BCUT2D eigenvalue weighted by Crippen LogP contribution is 2.00. The van der Waals surface area contributed by atoms with Crippen LogP contribution in [0.2, 0.25) is 0 Å². The summed E-state index contributed by atoms with van der Waals surface area (Å²) in [5.74, 6) is -0.744. The van der Waals surface area contributed by atoms with Gasteiger partial charge < -0.3 is 9.72 Å². The second kappa shape index (κ2) is 3.69. The predicted octanol–water partition coefficient (Wildman–Crippen LogP) is -0.279. The maximum absolute atomic E-state index is 11.8. The molecule has 0 aliphatic carbocycles. The maximum atomic E-state index is 11.8. The lowest BCUT2D eigenvalue weighted by atomic mass is 10.2. The first-order valence-electron chi connectivity index (χ1n) is 4.64. The van der Waals surface area contributed by atoms with Gasteiger partial charge in [-0.15, -0.1) is 0 Å². The van der Waals surface area contributed by atoms with E-state index in [2.05, 4.69) is 15.2 Å². The van der Waals surface area contributed by atoms with Crippen LogP contribution in [-0.2, 0) is 4.74 Å². The van der Waals surface area contributed by atoms with Crippen molar-refractivity contribution < 1.29 is 9.53 Å². The molecule has 84 valence electrons. The first-order chi connectivity index (χ1) is 7.65. The summed E-state index contributed by atoms with van der Waals surface area (Å²) in [6.07, 6.45) is 1.21. The van der Waals surface area contributed by atoms with E-state index in [1.165, 1.54) is 6.20 Å². The van der Waals surface area contributed by atoms with Crippen LogP contribution in [0.4, 0.5) is 0 Å². The van der Waals surface area contributed by atoms with Crippen molar-refractivity contribution >= 4 is 17.0 Å². The van der Waals surface area contributed by atoms with Crippen molar-refractivity contribution in [2.75, 3.05) is 6.61 Å². The zero-order valence-electron chi connectivity index (χ0n) is 8.42. The number of aromatic amines is 3. The summed E-state index contributed by atoms with van der Waals surface area (Å²) in [4.78, 5) is 37.0. The molecule has 0 unspecified atom stereocenters. The summed E-state index contributed by atoms with van der Waals surface area (Å²) in [7, 11) is 0. The van der Waals surface area contributed by atoms with Crippen LogP contribution in [0.1, 0.15) is 17.3 Å². The van der Waals surface area contributed by atoms with Gasteiger partial charge in [0.1, 0.15) is 16.6 Å². The Hall–Kier alpha value is -2.31. The van der Waals surface area contributed by atoms with Crippen LogP contribution in [0.15, 0.2) is 15.8 Å². The zero-order valence-corrected chi connectivity index (χ0v) is 8.42. The zero-order chi connectivity index (χ0) is 11.7. The van der Waals surface area contributed by atoms with Crippen molar-refractivity contribution in [2.45, 2.75) is 6.92 Å². The van der Waals surface area contributed by atoms with Crippen LogP contribution in [0.25, 0.3) is 11.0 Å². The Kier molecular flexibility index (Phi) is 2.35. The Morgan fingerprint density at radius 2 is 2.12 bits per heavy atom. The van der Waals surface area contributed by atoms with Gasteiger partial charge in [-0.05, 0) is 6.92 Å². The van der Waals surface area contributed by atoms with E-state index in [1.54, 1.807) is 6.92 Å².